The second-order valence-corrected chi connectivity index (χ2v) is 4.53. The van der Waals surface area contributed by atoms with Crippen molar-refractivity contribution in [1.82, 2.24) is 0 Å². The summed E-state index contributed by atoms with van der Waals surface area (Å²) in [4.78, 5) is 13.4. The van der Waals surface area contributed by atoms with Gasteiger partial charge in [0.05, 0.1) is 12.0 Å². The molecule has 0 spiro atoms. The van der Waals surface area contributed by atoms with Gasteiger partial charge in [-0.1, -0.05) is 12.1 Å². The molecule has 1 aliphatic heterocycles. The van der Waals surface area contributed by atoms with Crippen LogP contribution in [0.1, 0.15) is 12.0 Å². The smallest absolute Gasteiger partial charge is 0.228 e. The predicted molar refractivity (Wildman–Crippen MR) is 63.8 cm³/mol. The van der Waals surface area contributed by atoms with Gasteiger partial charge in [-0.05, 0) is 17.7 Å². The standard InChI is InChI=1S/C12H14ClNO2/c1-16-8-9-3-2-4-11(5-9)14-7-10(13)6-12(14)15/h2-5,10H,6-8H2,1H3. The Morgan fingerprint density at radius 1 is 1.56 bits per heavy atom. The zero-order chi connectivity index (χ0) is 11.5. The molecule has 16 heavy (non-hydrogen) atoms. The SMILES string of the molecule is COCc1cccc(N2CC(Cl)CC2=O)c1. The maximum Gasteiger partial charge on any atom is 0.228 e. The van der Waals surface area contributed by atoms with E-state index < -0.39 is 0 Å². The van der Waals surface area contributed by atoms with Crippen molar-refractivity contribution < 1.29 is 9.53 Å². The Labute approximate surface area is 100.0 Å². The zero-order valence-corrected chi connectivity index (χ0v) is 9.91. The number of carbonyl (C=O) groups is 1. The molecule has 1 heterocycles. The molecule has 0 radical (unpaired) electrons. The molecule has 3 nitrogen and oxygen atoms in total. The number of rotatable bonds is 3. The Morgan fingerprint density at radius 2 is 2.38 bits per heavy atom. The molecule has 1 aliphatic rings. The fourth-order valence-corrected chi connectivity index (χ4v) is 2.16. The molecule has 1 fully saturated rings. The normalized spacial score (nSPS) is 20.5. The molecule has 0 bridgehead atoms. The molecule has 1 aromatic rings. The third-order valence-electron chi connectivity index (χ3n) is 2.61. The van der Waals surface area contributed by atoms with Crippen LogP contribution in [0.15, 0.2) is 24.3 Å². The molecule has 1 unspecified atom stereocenters. The van der Waals surface area contributed by atoms with Gasteiger partial charge in [0.1, 0.15) is 0 Å². The summed E-state index contributed by atoms with van der Waals surface area (Å²) < 4.78 is 5.06. The number of anilines is 1. The summed E-state index contributed by atoms with van der Waals surface area (Å²) in [7, 11) is 1.66. The Kier molecular flexibility index (Phi) is 3.46. The number of carbonyl (C=O) groups excluding carboxylic acids is 1. The molecule has 0 N–H and O–H groups in total. The van der Waals surface area contributed by atoms with Gasteiger partial charge in [-0.2, -0.15) is 0 Å². The first-order valence-corrected chi connectivity index (χ1v) is 5.66. The van der Waals surface area contributed by atoms with Crippen LogP contribution in [0.2, 0.25) is 0 Å². The number of methoxy groups -OCH3 is 1. The van der Waals surface area contributed by atoms with Gasteiger partial charge in [-0.3, -0.25) is 4.79 Å². The van der Waals surface area contributed by atoms with Crippen LogP contribution in [0, 0.1) is 0 Å². The third kappa shape index (κ3) is 2.36. The van der Waals surface area contributed by atoms with Crippen molar-refractivity contribution in [2.45, 2.75) is 18.4 Å². The van der Waals surface area contributed by atoms with Crippen LogP contribution in [0.5, 0.6) is 0 Å². The zero-order valence-electron chi connectivity index (χ0n) is 9.15. The number of amides is 1. The van der Waals surface area contributed by atoms with Crippen molar-refractivity contribution in [1.29, 1.82) is 0 Å². The van der Waals surface area contributed by atoms with E-state index in [1.807, 2.05) is 24.3 Å². The lowest BCUT2D eigenvalue weighted by molar-refractivity contribution is -0.117. The van der Waals surface area contributed by atoms with Gasteiger partial charge in [0.15, 0.2) is 0 Å². The summed E-state index contributed by atoms with van der Waals surface area (Å²) in [5.74, 6) is 0.0922. The van der Waals surface area contributed by atoms with Crippen LogP contribution >= 0.6 is 11.6 Å². The number of alkyl halides is 1. The second-order valence-electron chi connectivity index (χ2n) is 3.91. The molecule has 4 heteroatoms. The van der Waals surface area contributed by atoms with Crippen LogP contribution in [-0.4, -0.2) is 24.9 Å². The fourth-order valence-electron chi connectivity index (χ4n) is 1.89. The average molecular weight is 240 g/mol. The molecule has 0 aliphatic carbocycles. The monoisotopic (exact) mass is 239 g/mol. The van der Waals surface area contributed by atoms with Crippen molar-refractivity contribution in [2.24, 2.45) is 0 Å². The number of halogens is 1. The average Bonchev–Trinajstić information content (AvgIpc) is 2.59. The summed E-state index contributed by atoms with van der Waals surface area (Å²) in [6, 6.07) is 7.80. The van der Waals surface area contributed by atoms with Gasteiger partial charge >= 0.3 is 0 Å². The number of hydrogen-bond acceptors (Lipinski definition) is 2. The quantitative estimate of drug-likeness (QED) is 0.757. The topological polar surface area (TPSA) is 29.5 Å². The van der Waals surface area contributed by atoms with Gasteiger partial charge in [0, 0.05) is 25.8 Å². The minimum Gasteiger partial charge on any atom is -0.380 e. The highest BCUT2D eigenvalue weighted by Crippen LogP contribution is 2.25. The van der Waals surface area contributed by atoms with Gasteiger partial charge in [0.2, 0.25) is 5.91 Å². The number of hydrogen-bond donors (Lipinski definition) is 0. The fraction of sp³-hybridized carbons (Fsp3) is 0.417. The highest BCUT2D eigenvalue weighted by Gasteiger charge is 2.28. The summed E-state index contributed by atoms with van der Waals surface area (Å²) >= 11 is 5.97. The predicted octanol–water partition coefficient (Wildman–Crippen LogP) is 2.18. The Hall–Kier alpha value is -1.06. The Morgan fingerprint density at radius 3 is 3.00 bits per heavy atom. The summed E-state index contributed by atoms with van der Waals surface area (Å²) in [5.41, 5.74) is 1.97. The van der Waals surface area contributed by atoms with Gasteiger partial charge in [-0.15, -0.1) is 11.6 Å². The number of nitrogens with zero attached hydrogens (tertiary/aromatic N) is 1. The van der Waals surface area contributed by atoms with Gasteiger partial charge in [-0.25, -0.2) is 0 Å². The van der Waals surface area contributed by atoms with Crippen LogP contribution in [0.3, 0.4) is 0 Å². The molecule has 86 valence electrons. The minimum atomic E-state index is -0.0708. The van der Waals surface area contributed by atoms with E-state index in [9.17, 15) is 4.79 Å². The Balaban J connectivity index is 2.20. The van der Waals surface area contributed by atoms with Crippen molar-refractivity contribution in [3.8, 4) is 0 Å². The highest BCUT2D eigenvalue weighted by atomic mass is 35.5. The first-order valence-electron chi connectivity index (χ1n) is 5.23. The molecule has 0 aromatic heterocycles. The van der Waals surface area contributed by atoms with E-state index >= 15 is 0 Å². The lowest BCUT2D eigenvalue weighted by Crippen LogP contribution is -2.24. The summed E-state index contributed by atoms with van der Waals surface area (Å²) in [5, 5.41) is -0.0708. The molecular weight excluding hydrogens is 226 g/mol. The van der Waals surface area contributed by atoms with Crippen molar-refractivity contribution in [3.05, 3.63) is 29.8 Å². The van der Waals surface area contributed by atoms with E-state index in [0.717, 1.165) is 11.3 Å². The van der Waals surface area contributed by atoms with Crippen LogP contribution < -0.4 is 4.90 Å². The van der Waals surface area contributed by atoms with Crippen LogP contribution in [0.4, 0.5) is 5.69 Å². The number of ether oxygens (including phenoxy) is 1. The third-order valence-corrected chi connectivity index (χ3v) is 2.90. The van der Waals surface area contributed by atoms with Gasteiger partial charge < -0.3 is 9.64 Å². The van der Waals surface area contributed by atoms with E-state index in [2.05, 4.69) is 0 Å². The second kappa shape index (κ2) is 4.85. The lowest BCUT2D eigenvalue weighted by atomic mass is 10.2. The minimum absolute atomic E-state index is 0.0708. The van der Waals surface area contributed by atoms with E-state index in [4.69, 9.17) is 16.3 Å². The molecule has 1 aromatic carbocycles. The largest absolute Gasteiger partial charge is 0.380 e. The van der Waals surface area contributed by atoms with Crippen LogP contribution in [0.25, 0.3) is 0 Å². The van der Waals surface area contributed by atoms with Crippen molar-refractivity contribution in [2.75, 3.05) is 18.6 Å². The molecule has 2 rings (SSSR count). The summed E-state index contributed by atoms with van der Waals surface area (Å²) in [6.07, 6.45) is 0.427. The summed E-state index contributed by atoms with van der Waals surface area (Å²) in [6.45, 7) is 1.15. The van der Waals surface area contributed by atoms with Gasteiger partial charge in [0.25, 0.3) is 0 Å². The van der Waals surface area contributed by atoms with E-state index in [1.165, 1.54) is 0 Å². The van der Waals surface area contributed by atoms with Crippen molar-refractivity contribution in [3.63, 3.8) is 0 Å². The molecule has 1 saturated heterocycles. The maximum absolute atomic E-state index is 11.7. The molecule has 1 amide bonds. The van der Waals surface area contributed by atoms with Crippen LogP contribution in [-0.2, 0) is 16.1 Å². The Bertz CT molecular complexity index is 394. The van der Waals surface area contributed by atoms with E-state index in [-0.39, 0.29) is 11.3 Å². The molecule has 1 atom stereocenters. The van der Waals surface area contributed by atoms with Crippen molar-refractivity contribution >= 4 is 23.2 Å². The highest BCUT2D eigenvalue weighted by molar-refractivity contribution is 6.24. The first-order chi connectivity index (χ1) is 7.70. The first kappa shape index (κ1) is 11.4. The molecule has 0 saturated carbocycles. The number of benzene rings is 1. The maximum atomic E-state index is 11.7. The molecular formula is C12H14ClNO2. The van der Waals surface area contributed by atoms with E-state index in [1.54, 1.807) is 12.0 Å². The van der Waals surface area contributed by atoms with E-state index in [0.29, 0.717) is 19.6 Å². The lowest BCUT2D eigenvalue weighted by Gasteiger charge is -2.16.